The van der Waals surface area contributed by atoms with Crippen LogP contribution in [0.25, 0.3) is 17.0 Å². The first-order valence-corrected chi connectivity index (χ1v) is 14.8. The monoisotopic (exact) mass is 592 g/mol. The number of benzene rings is 4. The molecular formula is C38H28N2O5. The van der Waals surface area contributed by atoms with Gasteiger partial charge in [0.25, 0.3) is 0 Å². The molecule has 3 atom stereocenters. The number of ether oxygens (including phenoxy) is 2. The number of carbonyl (C=O) groups excluding carboxylic acids is 3. The minimum atomic E-state index is -1.68. The quantitative estimate of drug-likeness (QED) is 0.169. The Labute approximate surface area is 259 Å². The van der Waals surface area contributed by atoms with E-state index in [2.05, 4.69) is 0 Å². The maximum Gasteiger partial charge on any atom is 0.185 e. The summed E-state index contributed by atoms with van der Waals surface area (Å²) in [4.78, 5) is 51.8. The molecule has 1 aliphatic carbocycles. The van der Waals surface area contributed by atoms with Crippen LogP contribution in [0.1, 0.15) is 48.1 Å². The normalized spacial score (nSPS) is 20.7. The standard InChI is InChI=1S/C38H28N2O5/c1-44-25-17-18-29(45-2)28(21-25)31-34(35(41)24-9-4-3-5-10-24)40-30(38(31)36(42)26-12-6-7-13-27(26)37(38)43)19-16-23-15-14-22-11-8-20-39-32(22)33(23)40/h3-21,30-31,34H,1-2H3/t30-,31+,34+/m1/s1. The molecule has 4 aromatic carbocycles. The Kier molecular flexibility index (Phi) is 6.00. The van der Waals surface area contributed by atoms with E-state index in [1.807, 2.05) is 59.5 Å². The van der Waals surface area contributed by atoms with Crippen LogP contribution in [0.5, 0.6) is 11.5 Å². The third kappa shape index (κ3) is 3.58. The number of aromatic nitrogens is 1. The number of rotatable bonds is 5. The van der Waals surface area contributed by atoms with Crippen LogP contribution < -0.4 is 14.4 Å². The highest BCUT2D eigenvalue weighted by atomic mass is 16.5. The van der Waals surface area contributed by atoms with Crippen molar-refractivity contribution in [3.63, 3.8) is 0 Å². The van der Waals surface area contributed by atoms with E-state index in [9.17, 15) is 0 Å². The summed E-state index contributed by atoms with van der Waals surface area (Å²) in [6.07, 6.45) is 5.59. The molecule has 1 aromatic heterocycles. The molecule has 0 bridgehead atoms. The molecule has 7 nitrogen and oxygen atoms in total. The average Bonchev–Trinajstić information content (AvgIpc) is 3.53. The van der Waals surface area contributed by atoms with Crippen molar-refractivity contribution < 1.29 is 23.9 Å². The van der Waals surface area contributed by atoms with Crippen molar-refractivity contribution in [2.45, 2.75) is 18.0 Å². The summed E-state index contributed by atoms with van der Waals surface area (Å²) in [7, 11) is 3.11. The van der Waals surface area contributed by atoms with Crippen LogP contribution in [0, 0.1) is 5.41 Å². The molecule has 220 valence electrons. The minimum Gasteiger partial charge on any atom is -0.497 e. The highest BCUT2D eigenvalue weighted by Crippen LogP contribution is 2.62. The zero-order chi connectivity index (χ0) is 30.9. The van der Waals surface area contributed by atoms with Gasteiger partial charge < -0.3 is 14.4 Å². The third-order valence-corrected chi connectivity index (χ3v) is 9.63. The number of fused-ring (bicyclic) bond motifs is 7. The molecule has 0 saturated carbocycles. The first kappa shape index (κ1) is 27.0. The predicted molar refractivity (Wildman–Crippen MR) is 171 cm³/mol. The van der Waals surface area contributed by atoms with Crippen molar-refractivity contribution in [1.82, 2.24) is 4.98 Å². The van der Waals surface area contributed by atoms with E-state index in [0.717, 1.165) is 16.6 Å². The number of ketones is 3. The first-order chi connectivity index (χ1) is 22.0. The molecule has 45 heavy (non-hydrogen) atoms. The Hall–Kier alpha value is -5.56. The SMILES string of the molecule is COc1ccc(OC)c([C@H]2[C@@H](C(=O)c3ccccc3)N3c4c(ccc5cccnc45)C=C[C@@H]3C23C(=O)c2ccccc2C3=O)c1. The first-order valence-electron chi connectivity index (χ1n) is 14.8. The lowest BCUT2D eigenvalue weighted by Crippen LogP contribution is -2.48. The van der Waals surface area contributed by atoms with Gasteiger partial charge in [0.15, 0.2) is 17.3 Å². The van der Waals surface area contributed by atoms with Gasteiger partial charge in [-0.3, -0.25) is 19.4 Å². The van der Waals surface area contributed by atoms with Gasteiger partial charge in [-0.2, -0.15) is 0 Å². The average molecular weight is 593 g/mol. The summed E-state index contributed by atoms with van der Waals surface area (Å²) < 4.78 is 11.5. The van der Waals surface area contributed by atoms with Crippen LogP contribution in [0.3, 0.4) is 0 Å². The summed E-state index contributed by atoms with van der Waals surface area (Å²) in [6, 6.07) is 27.4. The second-order valence-electron chi connectivity index (χ2n) is 11.6. The van der Waals surface area contributed by atoms with Gasteiger partial charge in [-0.15, -0.1) is 0 Å². The number of Topliss-reactive ketones (excluding diaryl/α,β-unsaturated/α-hetero) is 3. The van der Waals surface area contributed by atoms with Crippen LogP contribution >= 0.6 is 0 Å². The lowest BCUT2D eigenvalue weighted by molar-refractivity contribution is 0.0664. The van der Waals surface area contributed by atoms with Crippen molar-refractivity contribution in [1.29, 1.82) is 0 Å². The second kappa shape index (κ2) is 9.99. The number of hydrogen-bond acceptors (Lipinski definition) is 7. The molecule has 0 radical (unpaired) electrons. The number of carbonyl (C=O) groups is 3. The Morgan fingerprint density at radius 1 is 0.822 bits per heavy atom. The fourth-order valence-electron chi connectivity index (χ4n) is 7.78. The highest BCUT2D eigenvalue weighted by Gasteiger charge is 2.72. The van der Waals surface area contributed by atoms with Gasteiger partial charge in [0, 0.05) is 39.8 Å². The Balaban J connectivity index is 1.51. The molecule has 1 spiro atoms. The Morgan fingerprint density at radius 3 is 2.27 bits per heavy atom. The van der Waals surface area contributed by atoms with Crippen molar-refractivity contribution in [3.05, 3.63) is 137 Å². The molecule has 0 N–H and O–H groups in total. The molecule has 1 saturated heterocycles. The molecule has 8 rings (SSSR count). The molecule has 0 amide bonds. The zero-order valence-corrected chi connectivity index (χ0v) is 24.6. The number of hydrogen-bond donors (Lipinski definition) is 0. The second-order valence-corrected chi connectivity index (χ2v) is 11.6. The topological polar surface area (TPSA) is 85.8 Å². The zero-order valence-electron chi connectivity index (χ0n) is 24.6. The van der Waals surface area contributed by atoms with Crippen molar-refractivity contribution >= 4 is 40.0 Å². The van der Waals surface area contributed by atoms with Crippen LogP contribution in [0.4, 0.5) is 5.69 Å². The number of anilines is 1. The van der Waals surface area contributed by atoms with Crippen LogP contribution in [0.15, 0.2) is 109 Å². The maximum absolute atomic E-state index is 15.0. The van der Waals surface area contributed by atoms with E-state index in [0.29, 0.717) is 39.3 Å². The maximum atomic E-state index is 15.0. The van der Waals surface area contributed by atoms with E-state index in [1.54, 1.807) is 75.0 Å². The molecule has 0 unspecified atom stereocenters. The number of nitrogens with zero attached hydrogens (tertiary/aromatic N) is 2. The van der Waals surface area contributed by atoms with Gasteiger partial charge in [-0.25, -0.2) is 0 Å². The van der Waals surface area contributed by atoms with Crippen molar-refractivity contribution in [2.24, 2.45) is 5.41 Å². The number of methoxy groups -OCH3 is 2. The van der Waals surface area contributed by atoms with Crippen LogP contribution in [-0.2, 0) is 0 Å². The summed E-state index contributed by atoms with van der Waals surface area (Å²) in [5.41, 5.74) is 2.34. The van der Waals surface area contributed by atoms with E-state index in [4.69, 9.17) is 14.5 Å². The van der Waals surface area contributed by atoms with Gasteiger partial charge in [0.05, 0.1) is 31.5 Å². The van der Waals surface area contributed by atoms with E-state index >= 15 is 14.4 Å². The molecule has 7 heteroatoms. The van der Waals surface area contributed by atoms with Crippen molar-refractivity contribution in [3.8, 4) is 11.5 Å². The number of pyridine rings is 1. The molecule has 2 aliphatic heterocycles. The van der Waals surface area contributed by atoms with E-state index < -0.39 is 23.4 Å². The third-order valence-electron chi connectivity index (χ3n) is 9.63. The van der Waals surface area contributed by atoms with Gasteiger partial charge >= 0.3 is 0 Å². The molecule has 3 heterocycles. The molecule has 3 aliphatic rings. The summed E-state index contributed by atoms with van der Waals surface area (Å²) in [6.45, 7) is 0. The van der Waals surface area contributed by atoms with Gasteiger partial charge in [-0.05, 0) is 29.8 Å². The van der Waals surface area contributed by atoms with Gasteiger partial charge in [0.1, 0.15) is 23.0 Å². The van der Waals surface area contributed by atoms with E-state index in [-0.39, 0.29) is 17.3 Å². The van der Waals surface area contributed by atoms with Gasteiger partial charge in [0.2, 0.25) is 0 Å². The summed E-state index contributed by atoms with van der Waals surface area (Å²) >= 11 is 0. The fraction of sp³-hybridized carbons (Fsp3) is 0.158. The van der Waals surface area contributed by atoms with Crippen LogP contribution in [-0.4, -0.2) is 48.6 Å². The highest BCUT2D eigenvalue weighted by molar-refractivity contribution is 6.32. The lowest BCUT2D eigenvalue weighted by Gasteiger charge is -2.37. The Bertz CT molecular complexity index is 2050. The van der Waals surface area contributed by atoms with Crippen molar-refractivity contribution in [2.75, 3.05) is 19.1 Å². The Morgan fingerprint density at radius 2 is 1.56 bits per heavy atom. The summed E-state index contributed by atoms with van der Waals surface area (Å²) in [5.74, 6) is -0.784. The van der Waals surface area contributed by atoms with Crippen LogP contribution in [0.2, 0.25) is 0 Å². The smallest absolute Gasteiger partial charge is 0.185 e. The molecule has 5 aromatic rings. The fourth-order valence-corrected chi connectivity index (χ4v) is 7.78. The molecular weight excluding hydrogens is 564 g/mol. The minimum absolute atomic E-state index is 0.210. The van der Waals surface area contributed by atoms with Gasteiger partial charge in [-0.1, -0.05) is 84.9 Å². The summed E-state index contributed by atoms with van der Waals surface area (Å²) in [5, 5.41) is 0.889. The molecule has 1 fully saturated rings. The largest absolute Gasteiger partial charge is 0.497 e. The predicted octanol–water partition coefficient (Wildman–Crippen LogP) is 6.57. The van der Waals surface area contributed by atoms with E-state index in [1.165, 1.54) is 0 Å². The lowest BCUT2D eigenvalue weighted by atomic mass is 9.64.